The Labute approximate surface area is 184 Å². The number of ketones is 1. The Morgan fingerprint density at radius 1 is 1.00 bits per heavy atom. The Hall–Kier alpha value is -3.95. The molecule has 168 valence electrons. The zero-order valence-electron chi connectivity index (χ0n) is 18.1. The number of hydrogen-bond acceptors (Lipinski definition) is 8. The van der Waals surface area contributed by atoms with Crippen molar-refractivity contribution in [2.24, 2.45) is 0 Å². The van der Waals surface area contributed by atoms with Crippen LogP contribution in [0.1, 0.15) is 50.7 Å². The van der Waals surface area contributed by atoms with Gasteiger partial charge in [0.1, 0.15) is 18.0 Å². The molecule has 0 amide bonds. The van der Waals surface area contributed by atoms with E-state index in [1.807, 2.05) is 24.3 Å². The van der Waals surface area contributed by atoms with Crippen LogP contribution in [0.4, 0.5) is 0 Å². The predicted molar refractivity (Wildman–Crippen MR) is 113 cm³/mol. The molecule has 1 aromatic carbocycles. The number of aromatic nitrogens is 4. The van der Waals surface area contributed by atoms with E-state index in [-0.39, 0.29) is 36.9 Å². The molecule has 3 rings (SSSR count). The highest BCUT2D eigenvalue weighted by atomic mass is 16.5. The lowest BCUT2D eigenvalue weighted by atomic mass is 10.2. The van der Waals surface area contributed by atoms with Crippen molar-refractivity contribution < 1.29 is 28.6 Å². The molecule has 0 unspecified atom stereocenters. The Kier molecular flexibility index (Phi) is 7.37. The second-order valence-electron chi connectivity index (χ2n) is 6.71. The fourth-order valence-electron chi connectivity index (χ4n) is 2.95. The average Bonchev–Trinajstić information content (AvgIpc) is 3.42. The van der Waals surface area contributed by atoms with Crippen molar-refractivity contribution in [2.75, 3.05) is 20.3 Å². The fraction of sp³-hybridized carbons (Fsp3) is 0.318. The van der Waals surface area contributed by atoms with Crippen LogP contribution in [-0.4, -0.2) is 57.6 Å². The highest BCUT2D eigenvalue weighted by molar-refractivity contribution is 5.97. The van der Waals surface area contributed by atoms with Gasteiger partial charge in [0.25, 0.3) is 0 Å². The summed E-state index contributed by atoms with van der Waals surface area (Å²) in [6.45, 7) is 3.83. The Morgan fingerprint density at radius 3 is 2.34 bits per heavy atom. The maximum absolute atomic E-state index is 12.8. The van der Waals surface area contributed by atoms with Crippen LogP contribution in [0.5, 0.6) is 5.75 Å². The van der Waals surface area contributed by atoms with Gasteiger partial charge in [-0.25, -0.2) is 14.3 Å². The molecule has 0 saturated heterocycles. The number of carbonyl (C=O) groups excluding carboxylic acids is 3. The van der Waals surface area contributed by atoms with Crippen LogP contribution in [0.3, 0.4) is 0 Å². The number of benzene rings is 1. The Balaban J connectivity index is 1.75. The summed E-state index contributed by atoms with van der Waals surface area (Å²) in [5.74, 6) is -0.936. The molecule has 0 N–H and O–H groups in total. The largest absolute Gasteiger partial charge is 0.497 e. The summed E-state index contributed by atoms with van der Waals surface area (Å²) < 4.78 is 17.9. The van der Waals surface area contributed by atoms with E-state index >= 15 is 0 Å². The summed E-state index contributed by atoms with van der Waals surface area (Å²) in [6.07, 6.45) is 3.07. The van der Waals surface area contributed by atoms with Gasteiger partial charge in [0.15, 0.2) is 11.5 Å². The zero-order chi connectivity index (χ0) is 23.1. The molecule has 2 heterocycles. The Bertz CT molecular complexity index is 1100. The number of Topliss-reactive ketones (excluding diaryl/α,β-unsaturated/α-hetero) is 1. The third kappa shape index (κ3) is 5.39. The summed E-state index contributed by atoms with van der Waals surface area (Å²) >= 11 is 0. The topological polar surface area (TPSA) is 115 Å². The molecule has 32 heavy (non-hydrogen) atoms. The van der Waals surface area contributed by atoms with Crippen molar-refractivity contribution in [3.8, 4) is 5.75 Å². The van der Waals surface area contributed by atoms with Crippen molar-refractivity contribution in [1.29, 1.82) is 0 Å². The second-order valence-corrected chi connectivity index (χ2v) is 6.71. The van der Waals surface area contributed by atoms with E-state index in [1.165, 1.54) is 12.3 Å². The highest BCUT2D eigenvalue weighted by Crippen LogP contribution is 2.14. The number of rotatable bonds is 10. The molecule has 0 radical (unpaired) electrons. The van der Waals surface area contributed by atoms with Gasteiger partial charge in [-0.3, -0.25) is 9.48 Å². The van der Waals surface area contributed by atoms with Gasteiger partial charge in [0.2, 0.25) is 0 Å². The summed E-state index contributed by atoms with van der Waals surface area (Å²) in [7, 11) is 1.60. The maximum Gasteiger partial charge on any atom is 0.358 e. The van der Waals surface area contributed by atoms with E-state index in [9.17, 15) is 14.4 Å². The normalized spacial score (nSPS) is 10.6. The standard InChI is InChI=1S/C22H24N4O6/c1-4-31-21(28)18-10-19(22(29)32-5-2)26(24-18)14-20(27)16-11-23-25(13-16)12-15-6-8-17(30-3)9-7-15/h6-11,13H,4-5,12,14H2,1-3H3. The number of nitrogens with zero attached hydrogens (tertiary/aromatic N) is 4. The predicted octanol–water partition coefficient (Wildman–Crippen LogP) is 2.37. The van der Waals surface area contributed by atoms with Gasteiger partial charge in [-0.05, 0) is 31.5 Å². The van der Waals surface area contributed by atoms with E-state index in [0.29, 0.717) is 12.1 Å². The lowest BCUT2D eigenvalue weighted by Crippen LogP contribution is -2.18. The third-order valence-electron chi connectivity index (χ3n) is 4.50. The maximum atomic E-state index is 12.8. The Morgan fingerprint density at radius 2 is 1.69 bits per heavy atom. The molecule has 0 atom stereocenters. The van der Waals surface area contributed by atoms with Crippen molar-refractivity contribution in [2.45, 2.75) is 26.9 Å². The van der Waals surface area contributed by atoms with Crippen LogP contribution in [-0.2, 0) is 22.6 Å². The van der Waals surface area contributed by atoms with Gasteiger partial charge in [-0.1, -0.05) is 12.1 Å². The molecular weight excluding hydrogens is 416 g/mol. The van der Waals surface area contributed by atoms with Gasteiger partial charge >= 0.3 is 11.9 Å². The first-order valence-electron chi connectivity index (χ1n) is 10.1. The lowest BCUT2D eigenvalue weighted by Gasteiger charge is -2.05. The van der Waals surface area contributed by atoms with Gasteiger partial charge in [0, 0.05) is 12.3 Å². The van der Waals surface area contributed by atoms with Crippen LogP contribution in [0.2, 0.25) is 0 Å². The molecule has 3 aromatic rings. The second kappa shape index (κ2) is 10.4. The monoisotopic (exact) mass is 440 g/mol. The van der Waals surface area contributed by atoms with Gasteiger partial charge < -0.3 is 14.2 Å². The molecule has 2 aromatic heterocycles. The third-order valence-corrected chi connectivity index (χ3v) is 4.50. The molecule has 0 bridgehead atoms. The molecule has 0 aliphatic heterocycles. The molecule has 0 spiro atoms. The minimum atomic E-state index is -0.684. The summed E-state index contributed by atoms with van der Waals surface area (Å²) in [6, 6.07) is 8.78. The van der Waals surface area contributed by atoms with Crippen molar-refractivity contribution >= 4 is 17.7 Å². The van der Waals surface area contributed by atoms with E-state index in [4.69, 9.17) is 14.2 Å². The van der Waals surface area contributed by atoms with Crippen LogP contribution >= 0.6 is 0 Å². The first kappa shape index (κ1) is 22.7. The number of ether oxygens (including phenoxy) is 3. The van der Waals surface area contributed by atoms with Crippen LogP contribution in [0.15, 0.2) is 42.7 Å². The lowest BCUT2D eigenvalue weighted by molar-refractivity contribution is 0.0505. The number of methoxy groups -OCH3 is 1. The smallest absolute Gasteiger partial charge is 0.358 e. The van der Waals surface area contributed by atoms with Crippen LogP contribution in [0.25, 0.3) is 0 Å². The summed E-state index contributed by atoms with van der Waals surface area (Å²) in [5.41, 5.74) is 1.26. The molecule has 0 saturated carbocycles. The number of esters is 2. The first-order chi connectivity index (χ1) is 15.4. The average molecular weight is 440 g/mol. The van der Waals surface area contributed by atoms with Crippen LogP contribution < -0.4 is 4.74 Å². The molecule has 0 aliphatic rings. The highest BCUT2D eigenvalue weighted by Gasteiger charge is 2.23. The number of carbonyl (C=O) groups is 3. The summed E-state index contributed by atoms with van der Waals surface area (Å²) in [5, 5.41) is 8.30. The molecule has 0 fully saturated rings. The van der Waals surface area contributed by atoms with E-state index in [2.05, 4.69) is 10.2 Å². The van der Waals surface area contributed by atoms with Gasteiger partial charge in [-0.2, -0.15) is 10.2 Å². The molecular formula is C22H24N4O6. The van der Waals surface area contributed by atoms with Crippen molar-refractivity contribution in [1.82, 2.24) is 19.6 Å². The van der Waals surface area contributed by atoms with E-state index in [0.717, 1.165) is 16.0 Å². The van der Waals surface area contributed by atoms with Crippen LogP contribution in [0, 0.1) is 0 Å². The number of hydrogen-bond donors (Lipinski definition) is 0. The van der Waals surface area contributed by atoms with Crippen molar-refractivity contribution in [3.05, 3.63) is 65.2 Å². The van der Waals surface area contributed by atoms with E-state index in [1.54, 1.807) is 31.8 Å². The van der Waals surface area contributed by atoms with Gasteiger partial charge in [0.05, 0.1) is 38.6 Å². The quantitative estimate of drug-likeness (QED) is 0.349. The summed E-state index contributed by atoms with van der Waals surface area (Å²) in [4.78, 5) is 37.1. The molecule has 0 aliphatic carbocycles. The van der Waals surface area contributed by atoms with Gasteiger partial charge in [-0.15, -0.1) is 0 Å². The minimum Gasteiger partial charge on any atom is -0.497 e. The van der Waals surface area contributed by atoms with Crippen molar-refractivity contribution in [3.63, 3.8) is 0 Å². The first-order valence-corrected chi connectivity index (χ1v) is 10.1. The molecule has 10 heteroatoms. The fourth-order valence-corrected chi connectivity index (χ4v) is 2.95. The zero-order valence-corrected chi connectivity index (χ0v) is 18.1. The minimum absolute atomic E-state index is 0.00567. The van der Waals surface area contributed by atoms with E-state index < -0.39 is 11.9 Å². The molecule has 10 nitrogen and oxygen atoms in total. The SMILES string of the molecule is CCOC(=O)c1cc(C(=O)OCC)n(CC(=O)c2cnn(Cc3ccc(OC)cc3)c2)n1.